The highest BCUT2D eigenvalue weighted by atomic mass is 32.2. The zero-order valence-corrected chi connectivity index (χ0v) is 11.7. The molecule has 0 saturated carbocycles. The summed E-state index contributed by atoms with van der Waals surface area (Å²) in [4.78, 5) is 14.1. The molecule has 0 aliphatic heterocycles. The number of carbonyl (C=O) groups is 1. The number of hydrogen-bond acceptors (Lipinski definition) is 2. The average Bonchev–Trinajstić information content (AvgIpc) is 2.48. The molecule has 0 N–H and O–H groups in total. The number of nitrogens with zero attached hydrogens (tertiary/aromatic N) is 1. The Balaban J connectivity index is 1.96. The monoisotopic (exact) mass is 293 g/mol. The van der Waals surface area contributed by atoms with Gasteiger partial charge >= 0.3 is 0 Å². The van der Waals surface area contributed by atoms with Crippen LogP contribution in [-0.4, -0.2) is 18.7 Å². The van der Waals surface area contributed by atoms with E-state index in [1.165, 1.54) is 22.7 Å². The number of anilines is 1. The molecular weight excluding hydrogens is 280 g/mol. The second kappa shape index (κ2) is 6.52. The number of benzene rings is 2. The summed E-state index contributed by atoms with van der Waals surface area (Å²) in [5.41, 5.74) is 0.795. The van der Waals surface area contributed by atoms with Crippen LogP contribution in [0, 0.1) is 11.6 Å². The van der Waals surface area contributed by atoms with Crippen molar-refractivity contribution in [2.24, 2.45) is 0 Å². The fraction of sp³-hybridized carbons (Fsp3) is 0.133. The lowest BCUT2D eigenvalue weighted by atomic mass is 10.3. The summed E-state index contributed by atoms with van der Waals surface area (Å²) in [5, 5.41) is 0. The minimum atomic E-state index is -0.904. The maximum absolute atomic E-state index is 13.0. The molecule has 0 atom stereocenters. The molecule has 0 heterocycles. The largest absolute Gasteiger partial charge is 0.315 e. The van der Waals surface area contributed by atoms with Crippen molar-refractivity contribution >= 4 is 23.4 Å². The summed E-state index contributed by atoms with van der Waals surface area (Å²) in [7, 11) is 1.68. The Morgan fingerprint density at radius 1 is 1.10 bits per heavy atom. The minimum Gasteiger partial charge on any atom is -0.315 e. The van der Waals surface area contributed by atoms with E-state index in [-0.39, 0.29) is 11.7 Å². The molecular formula is C15H13F2NOS. The first kappa shape index (κ1) is 14.5. The molecule has 104 valence electrons. The van der Waals surface area contributed by atoms with E-state index in [9.17, 15) is 13.6 Å². The normalized spacial score (nSPS) is 10.3. The smallest absolute Gasteiger partial charge is 0.237 e. The highest BCUT2D eigenvalue weighted by molar-refractivity contribution is 8.00. The molecule has 0 fully saturated rings. The van der Waals surface area contributed by atoms with E-state index in [0.717, 1.165) is 17.8 Å². The number of hydrogen-bond donors (Lipinski definition) is 0. The van der Waals surface area contributed by atoms with E-state index in [1.807, 2.05) is 30.3 Å². The van der Waals surface area contributed by atoms with Crippen molar-refractivity contribution in [2.75, 3.05) is 17.7 Å². The Hall–Kier alpha value is -1.88. The van der Waals surface area contributed by atoms with E-state index in [4.69, 9.17) is 0 Å². The van der Waals surface area contributed by atoms with Gasteiger partial charge in [-0.25, -0.2) is 8.78 Å². The number of carbonyl (C=O) groups excluding carboxylic acids is 1. The Morgan fingerprint density at radius 2 is 1.80 bits per heavy atom. The number of rotatable bonds is 4. The molecule has 0 aromatic heterocycles. The molecule has 1 amide bonds. The lowest BCUT2D eigenvalue weighted by Gasteiger charge is -2.16. The fourth-order valence-electron chi connectivity index (χ4n) is 1.60. The van der Waals surface area contributed by atoms with Crippen LogP contribution in [0.1, 0.15) is 0 Å². The second-order valence-corrected chi connectivity index (χ2v) is 5.20. The maximum Gasteiger partial charge on any atom is 0.237 e. The van der Waals surface area contributed by atoms with Gasteiger partial charge < -0.3 is 4.90 Å². The van der Waals surface area contributed by atoms with Gasteiger partial charge in [-0.15, -0.1) is 11.8 Å². The van der Waals surface area contributed by atoms with Gasteiger partial charge in [0.2, 0.25) is 5.91 Å². The van der Waals surface area contributed by atoms with Crippen molar-refractivity contribution in [3.05, 3.63) is 60.2 Å². The van der Waals surface area contributed by atoms with Gasteiger partial charge in [-0.2, -0.15) is 0 Å². The summed E-state index contributed by atoms with van der Waals surface area (Å²) >= 11 is 1.18. The second-order valence-electron chi connectivity index (χ2n) is 4.15. The molecule has 0 radical (unpaired) electrons. The molecule has 0 saturated heterocycles. The fourth-order valence-corrected chi connectivity index (χ4v) is 2.44. The van der Waals surface area contributed by atoms with Gasteiger partial charge in [0.15, 0.2) is 11.6 Å². The molecule has 0 aliphatic carbocycles. The zero-order valence-electron chi connectivity index (χ0n) is 10.8. The van der Waals surface area contributed by atoms with E-state index in [1.54, 1.807) is 7.05 Å². The summed E-state index contributed by atoms with van der Waals surface area (Å²) in [6.07, 6.45) is 0. The summed E-state index contributed by atoms with van der Waals surface area (Å²) in [5.74, 6) is -1.73. The van der Waals surface area contributed by atoms with Gasteiger partial charge in [0, 0.05) is 17.6 Å². The van der Waals surface area contributed by atoms with Crippen LogP contribution in [0.5, 0.6) is 0 Å². The first-order chi connectivity index (χ1) is 9.58. The quantitative estimate of drug-likeness (QED) is 0.801. The molecule has 0 unspecified atom stereocenters. The van der Waals surface area contributed by atoms with Gasteiger partial charge in [-0.3, -0.25) is 4.79 Å². The number of para-hydroxylation sites is 1. The molecule has 2 aromatic carbocycles. The number of thioether (sulfide) groups is 1. The Morgan fingerprint density at radius 3 is 2.45 bits per heavy atom. The van der Waals surface area contributed by atoms with Crippen LogP contribution < -0.4 is 4.90 Å². The molecule has 2 rings (SSSR count). The van der Waals surface area contributed by atoms with Crippen LogP contribution in [0.25, 0.3) is 0 Å². The molecule has 0 spiro atoms. The highest BCUT2D eigenvalue weighted by Gasteiger charge is 2.11. The van der Waals surface area contributed by atoms with Crippen LogP contribution in [0.2, 0.25) is 0 Å². The van der Waals surface area contributed by atoms with E-state index in [0.29, 0.717) is 4.90 Å². The predicted molar refractivity (Wildman–Crippen MR) is 76.9 cm³/mol. The first-order valence-electron chi connectivity index (χ1n) is 5.97. The Bertz CT molecular complexity index is 604. The van der Waals surface area contributed by atoms with Crippen LogP contribution in [0.15, 0.2) is 53.4 Å². The lowest BCUT2D eigenvalue weighted by molar-refractivity contribution is -0.115. The van der Waals surface area contributed by atoms with Gasteiger partial charge in [0.25, 0.3) is 0 Å². The summed E-state index contributed by atoms with van der Waals surface area (Å²) < 4.78 is 25.8. The molecule has 0 aliphatic rings. The van der Waals surface area contributed by atoms with Crippen LogP contribution in [0.3, 0.4) is 0 Å². The molecule has 2 aromatic rings. The molecule has 2 nitrogen and oxygen atoms in total. The molecule has 0 bridgehead atoms. The number of halogens is 2. The van der Waals surface area contributed by atoms with Crippen LogP contribution in [0.4, 0.5) is 14.5 Å². The Kier molecular flexibility index (Phi) is 4.74. The lowest BCUT2D eigenvalue weighted by Crippen LogP contribution is -2.27. The first-order valence-corrected chi connectivity index (χ1v) is 6.96. The molecule has 20 heavy (non-hydrogen) atoms. The van der Waals surface area contributed by atoms with E-state index >= 15 is 0 Å². The topological polar surface area (TPSA) is 20.3 Å². The number of amides is 1. The standard InChI is InChI=1S/C15H13F2NOS/c1-18(11-5-3-2-4-6-11)15(19)10-20-12-7-8-13(16)14(17)9-12/h2-9H,10H2,1H3. The third-order valence-electron chi connectivity index (χ3n) is 2.77. The van der Waals surface area contributed by atoms with Crippen molar-refractivity contribution in [1.29, 1.82) is 0 Å². The average molecular weight is 293 g/mol. The van der Waals surface area contributed by atoms with Crippen molar-refractivity contribution in [3.63, 3.8) is 0 Å². The van der Waals surface area contributed by atoms with Crippen molar-refractivity contribution in [2.45, 2.75) is 4.90 Å². The summed E-state index contributed by atoms with van der Waals surface area (Å²) in [6.45, 7) is 0. The predicted octanol–water partition coefficient (Wildman–Crippen LogP) is 3.72. The van der Waals surface area contributed by atoms with Gasteiger partial charge in [0.05, 0.1) is 5.75 Å². The minimum absolute atomic E-state index is 0.106. The van der Waals surface area contributed by atoms with Crippen molar-refractivity contribution in [1.82, 2.24) is 0 Å². The third kappa shape index (κ3) is 3.57. The van der Waals surface area contributed by atoms with Crippen LogP contribution >= 0.6 is 11.8 Å². The zero-order chi connectivity index (χ0) is 14.5. The van der Waals surface area contributed by atoms with Crippen molar-refractivity contribution in [3.8, 4) is 0 Å². The van der Waals surface area contributed by atoms with Gasteiger partial charge in [0.1, 0.15) is 0 Å². The Labute approximate surface area is 120 Å². The molecule has 5 heteroatoms. The van der Waals surface area contributed by atoms with Crippen LogP contribution in [-0.2, 0) is 4.79 Å². The SMILES string of the molecule is CN(C(=O)CSc1ccc(F)c(F)c1)c1ccccc1. The summed E-state index contributed by atoms with van der Waals surface area (Å²) in [6, 6.07) is 12.8. The van der Waals surface area contributed by atoms with Gasteiger partial charge in [-0.05, 0) is 30.3 Å². The highest BCUT2D eigenvalue weighted by Crippen LogP contribution is 2.21. The third-order valence-corrected chi connectivity index (χ3v) is 3.75. The van der Waals surface area contributed by atoms with Crippen molar-refractivity contribution < 1.29 is 13.6 Å². The van der Waals surface area contributed by atoms with E-state index < -0.39 is 11.6 Å². The maximum atomic E-state index is 13.0. The van der Waals surface area contributed by atoms with E-state index in [2.05, 4.69) is 0 Å². The van der Waals surface area contributed by atoms with Gasteiger partial charge in [-0.1, -0.05) is 18.2 Å².